The Balaban J connectivity index is 1.53. The van der Waals surface area contributed by atoms with Crippen molar-refractivity contribution in [3.05, 3.63) is 107 Å². The molecule has 0 atom stereocenters. The normalized spacial score (nSPS) is 10.6. The van der Waals surface area contributed by atoms with Crippen molar-refractivity contribution < 1.29 is 37.1 Å². The first-order valence-corrected chi connectivity index (χ1v) is 12.1. The average molecular weight is 552 g/mol. The molecule has 0 aliphatic carbocycles. The Hall–Kier alpha value is -4.93. The lowest BCUT2D eigenvalue weighted by atomic mass is 10.1. The van der Waals surface area contributed by atoms with E-state index in [0.29, 0.717) is 28.9 Å². The van der Waals surface area contributed by atoms with Crippen molar-refractivity contribution in [1.29, 1.82) is 0 Å². The zero-order valence-electron chi connectivity index (χ0n) is 22.1. The second kappa shape index (κ2) is 12.7. The Bertz CT molecular complexity index is 1450. The van der Waals surface area contributed by atoms with E-state index in [4.69, 9.17) is 18.7 Å². The molecular formula is C29H27F2N3O6. The van der Waals surface area contributed by atoms with Crippen LogP contribution in [0.4, 0.5) is 8.78 Å². The van der Waals surface area contributed by atoms with Crippen molar-refractivity contribution in [3.63, 3.8) is 0 Å². The zero-order chi connectivity index (χ0) is 28.6. The molecule has 0 fully saturated rings. The maximum absolute atomic E-state index is 13.9. The average Bonchev–Trinajstić information content (AvgIpc) is 3.43. The smallest absolute Gasteiger partial charge is 0.273 e. The molecule has 1 N–H and O–H groups in total. The highest BCUT2D eigenvalue weighted by atomic mass is 19.1. The first-order valence-electron chi connectivity index (χ1n) is 12.1. The Kier molecular flexibility index (Phi) is 8.95. The third-order valence-electron chi connectivity index (χ3n) is 5.93. The van der Waals surface area contributed by atoms with E-state index >= 15 is 0 Å². The lowest BCUT2D eigenvalue weighted by molar-refractivity contribution is 0.0711. The van der Waals surface area contributed by atoms with E-state index in [2.05, 4.69) is 10.5 Å². The number of rotatable bonds is 11. The minimum atomic E-state index is -0.887. The van der Waals surface area contributed by atoms with Crippen molar-refractivity contribution >= 4 is 11.8 Å². The largest absolute Gasteiger partial charge is 0.497 e. The van der Waals surface area contributed by atoms with Gasteiger partial charge in [-0.05, 0) is 47.5 Å². The lowest BCUT2D eigenvalue weighted by Gasteiger charge is -2.22. The number of hydrogen-bond donors (Lipinski definition) is 1. The van der Waals surface area contributed by atoms with Crippen LogP contribution in [0.5, 0.6) is 17.2 Å². The standard InChI is InChI=1S/C29H27F2N3O6/c1-37-23-6-4-18(5-7-23)15-32-28(35)27-14-26(40-33-27)17-34(29(36)20-10-21(30)12-22(31)11-20)16-19-8-24(38-2)13-25(9-19)39-3/h4-14H,15-17H2,1-3H3,(H,32,35). The third-order valence-corrected chi connectivity index (χ3v) is 5.93. The molecule has 11 heteroatoms. The molecule has 3 aromatic carbocycles. The van der Waals surface area contributed by atoms with E-state index in [0.717, 1.165) is 17.7 Å². The molecule has 0 radical (unpaired) electrons. The number of carbonyl (C=O) groups is 2. The van der Waals surface area contributed by atoms with Crippen molar-refractivity contribution in [3.8, 4) is 17.2 Å². The summed E-state index contributed by atoms with van der Waals surface area (Å²) in [6.45, 7) is 0.109. The van der Waals surface area contributed by atoms with Gasteiger partial charge in [0, 0.05) is 36.9 Å². The minimum absolute atomic E-state index is 0.00419. The van der Waals surface area contributed by atoms with E-state index in [1.165, 1.54) is 25.2 Å². The molecule has 0 bridgehead atoms. The van der Waals surface area contributed by atoms with Crippen LogP contribution in [-0.2, 0) is 19.6 Å². The molecular weight excluding hydrogens is 524 g/mol. The Morgan fingerprint density at radius 2 is 1.43 bits per heavy atom. The highest BCUT2D eigenvalue weighted by Crippen LogP contribution is 2.25. The fraction of sp³-hybridized carbons (Fsp3) is 0.207. The second-order valence-corrected chi connectivity index (χ2v) is 8.75. The number of aromatic nitrogens is 1. The molecule has 4 rings (SSSR count). The quantitative estimate of drug-likeness (QED) is 0.287. The Morgan fingerprint density at radius 3 is 2.02 bits per heavy atom. The molecule has 0 aliphatic rings. The Morgan fingerprint density at radius 1 is 0.800 bits per heavy atom. The number of benzene rings is 3. The van der Waals surface area contributed by atoms with Gasteiger partial charge in [0.2, 0.25) is 0 Å². The summed E-state index contributed by atoms with van der Waals surface area (Å²) < 4.78 is 48.9. The summed E-state index contributed by atoms with van der Waals surface area (Å²) in [6.07, 6.45) is 0. The number of amides is 2. The number of halogens is 2. The number of ether oxygens (including phenoxy) is 3. The molecule has 4 aromatic rings. The summed E-state index contributed by atoms with van der Waals surface area (Å²) in [6, 6.07) is 16.3. The van der Waals surface area contributed by atoms with Crippen LogP contribution < -0.4 is 19.5 Å². The van der Waals surface area contributed by atoms with Gasteiger partial charge in [0.05, 0.1) is 27.9 Å². The van der Waals surface area contributed by atoms with Crippen LogP contribution in [0.3, 0.4) is 0 Å². The van der Waals surface area contributed by atoms with Crippen molar-refractivity contribution in [2.24, 2.45) is 0 Å². The van der Waals surface area contributed by atoms with Gasteiger partial charge in [0.1, 0.15) is 28.9 Å². The molecule has 0 unspecified atom stereocenters. The van der Waals surface area contributed by atoms with Gasteiger partial charge < -0.3 is 29.0 Å². The van der Waals surface area contributed by atoms with Gasteiger partial charge in [-0.1, -0.05) is 17.3 Å². The van der Waals surface area contributed by atoms with Gasteiger partial charge in [-0.3, -0.25) is 9.59 Å². The van der Waals surface area contributed by atoms with E-state index in [1.807, 2.05) is 12.1 Å². The molecule has 208 valence electrons. The molecule has 1 heterocycles. The van der Waals surface area contributed by atoms with Gasteiger partial charge in [-0.2, -0.15) is 0 Å². The summed E-state index contributed by atoms with van der Waals surface area (Å²) in [5.74, 6) is -1.04. The fourth-order valence-corrected chi connectivity index (χ4v) is 3.94. The van der Waals surface area contributed by atoms with Crippen LogP contribution in [0.1, 0.15) is 37.7 Å². The molecule has 9 nitrogen and oxygen atoms in total. The first-order chi connectivity index (χ1) is 19.3. The Labute approximate surface area is 229 Å². The summed E-state index contributed by atoms with van der Waals surface area (Å²) in [5.41, 5.74) is 1.30. The van der Waals surface area contributed by atoms with Crippen LogP contribution in [0.25, 0.3) is 0 Å². The van der Waals surface area contributed by atoms with Gasteiger partial charge in [-0.25, -0.2) is 8.78 Å². The molecule has 0 aliphatic heterocycles. The number of nitrogens with zero attached hydrogens (tertiary/aromatic N) is 2. The van der Waals surface area contributed by atoms with Crippen LogP contribution in [-0.4, -0.2) is 43.2 Å². The number of nitrogens with one attached hydrogen (secondary N) is 1. The highest BCUT2D eigenvalue weighted by molar-refractivity contribution is 5.94. The topological polar surface area (TPSA) is 103 Å². The molecule has 40 heavy (non-hydrogen) atoms. The predicted molar refractivity (Wildman–Crippen MR) is 140 cm³/mol. The summed E-state index contributed by atoms with van der Waals surface area (Å²) in [7, 11) is 4.55. The highest BCUT2D eigenvalue weighted by Gasteiger charge is 2.22. The molecule has 0 saturated carbocycles. The summed E-state index contributed by atoms with van der Waals surface area (Å²) >= 11 is 0. The minimum Gasteiger partial charge on any atom is -0.497 e. The van der Waals surface area contributed by atoms with Gasteiger partial charge in [-0.15, -0.1) is 0 Å². The van der Waals surface area contributed by atoms with Gasteiger partial charge in [0.15, 0.2) is 11.5 Å². The second-order valence-electron chi connectivity index (χ2n) is 8.75. The van der Waals surface area contributed by atoms with Gasteiger partial charge >= 0.3 is 0 Å². The molecule has 0 saturated heterocycles. The van der Waals surface area contributed by atoms with Crippen LogP contribution >= 0.6 is 0 Å². The summed E-state index contributed by atoms with van der Waals surface area (Å²) in [4.78, 5) is 27.4. The third kappa shape index (κ3) is 7.13. The van der Waals surface area contributed by atoms with Crippen molar-refractivity contribution in [2.75, 3.05) is 21.3 Å². The summed E-state index contributed by atoms with van der Waals surface area (Å²) in [5, 5.41) is 6.58. The maximum Gasteiger partial charge on any atom is 0.273 e. The molecule has 2 amide bonds. The number of methoxy groups -OCH3 is 3. The van der Waals surface area contributed by atoms with Crippen molar-refractivity contribution in [1.82, 2.24) is 15.4 Å². The molecule has 1 aromatic heterocycles. The monoisotopic (exact) mass is 551 g/mol. The lowest BCUT2D eigenvalue weighted by Crippen LogP contribution is -2.30. The molecule has 0 spiro atoms. The van der Waals surface area contributed by atoms with E-state index in [-0.39, 0.29) is 36.7 Å². The van der Waals surface area contributed by atoms with Crippen LogP contribution in [0.15, 0.2) is 71.3 Å². The van der Waals surface area contributed by atoms with E-state index < -0.39 is 23.4 Å². The van der Waals surface area contributed by atoms with Crippen LogP contribution in [0.2, 0.25) is 0 Å². The van der Waals surface area contributed by atoms with Gasteiger partial charge in [0.25, 0.3) is 11.8 Å². The fourth-order valence-electron chi connectivity index (χ4n) is 3.94. The first kappa shape index (κ1) is 28.1. The number of carbonyl (C=O) groups excluding carboxylic acids is 2. The SMILES string of the molecule is COc1ccc(CNC(=O)c2cc(CN(Cc3cc(OC)cc(OC)c3)C(=O)c3cc(F)cc(F)c3)on2)cc1. The van der Waals surface area contributed by atoms with E-state index in [1.54, 1.807) is 37.4 Å². The number of hydrogen-bond acceptors (Lipinski definition) is 7. The maximum atomic E-state index is 13.9. The predicted octanol–water partition coefficient (Wildman–Crippen LogP) is 4.75. The van der Waals surface area contributed by atoms with Crippen LogP contribution in [0, 0.1) is 11.6 Å². The van der Waals surface area contributed by atoms with Crippen molar-refractivity contribution in [2.45, 2.75) is 19.6 Å². The zero-order valence-corrected chi connectivity index (χ0v) is 22.1. The van der Waals surface area contributed by atoms with E-state index in [9.17, 15) is 18.4 Å².